The highest BCUT2D eigenvalue weighted by atomic mass is 32.1. The fraction of sp³-hybridized carbons (Fsp3) is 0.0435. The van der Waals surface area contributed by atoms with Crippen molar-refractivity contribution in [2.24, 2.45) is 0 Å². The standard InChI is InChI=1S/C23H20N2O2S/c1-2-16-27-21-14-12-20(13-15-21)24-23(28)25-22(26)19-10-8-18(9-11-19)17-6-4-3-5-7-17/h2-15H,1,16H2,(H2,24,25,26,28). The van der Waals surface area contributed by atoms with Crippen molar-refractivity contribution in [3.05, 3.63) is 97.1 Å². The number of hydrogen-bond acceptors (Lipinski definition) is 3. The van der Waals surface area contributed by atoms with Crippen molar-refractivity contribution in [1.82, 2.24) is 5.32 Å². The number of hydrogen-bond donors (Lipinski definition) is 2. The average Bonchev–Trinajstić information content (AvgIpc) is 2.74. The minimum Gasteiger partial charge on any atom is -0.490 e. The molecule has 1 amide bonds. The van der Waals surface area contributed by atoms with Crippen LogP contribution in [0.25, 0.3) is 11.1 Å². The van der Waals surface area contributed by atoms with E-state index in [1.807, 2.05) is 66.7 Å². The molecule has 3 rings (SSSR count). The van der Waals surface area contributed by atoms with Crippen LogP contribution in [-0.4, -0.2) is 17.6 Å². The Morgan fingerprint density at radius 2 is 1.57 bits per heavy atom. The summed E-state index contributed by atoms with van der Waals surface area (Å²) >= 11 is 5.23. The first-order valence-corrected chi connectivity index (χ1v) is 9.18. The lowest BCUT2D eigenvalue weighted by Gasteiger charge is -2.11. The number of anilines is 1. The van der Waals surface area contributed by atoms with Gasteiger partial charge in [-0.05, 0) is 59.7 Å². The SMILES string of the molecule is C=CCOc1ccc(NC(=S)NC(=O)c2ccc(-c3ccccc3)cc2)cc1. The lowest BCUT2D eigenvalue weighted by Crippen LogP contribution is -2.34. The summed E-state index contributed by atoms with van der Waals surface area (Å²) < 4.78 is 5.43. The van der Waals surface area contributed by atoms with Crippen molar-refractivity contribution < 1.29 is 9.53 Å². The zero-order chi connectivity index (χ0) is 19.8. The van der Waals surface area contributed by atoms with E-state index >= 15 is 0 Å². The lowest BCUT2D eigenvalue weighted by molar-refractivity contribution is 0.0978. The van der Waals surface area contributed by atoms with Crippen LogP contribution >= 0.6 is 12.2 Å². The molecule has 0 radical (unpaired) electrons. The van der Waals surface area contributed by atoms with E-state index in [-0.39, 0.29) is 11.0 Å². The Hall–Kier alpha value is -3.44. The molecule has 0 atom stereocenters. The highest BCUT2D eigenvalue weighted by molar-refractivity contribution is 7.80. The molecule has 0 aliphatic heterocycles. The summed E-state index contributed by atoms with van der Waals surface area (Å²) in [5.41, 5.74) is 3.46. The molecule has 0 saturated heterocycles. The summed E-state index contributed by atoms with van der Waals surface area (Å²) in [5, 5.41) is 5.91. The molecule has 3 aromatic rings. The van der Waals surface area contributed by atoms with E-state index < -0.39 is 0 Å². The van der Waals surface area contributed by atoms with Crippen LogP contribution in [0.3, 0.4) is 0 Å². The lowest BCUT2D eigenvalue weighted by atomic mass is 10.0. The number of carbonyl (C=O) groups excluding carboxylic acids is 1. The van der Waals surface area contributed by atoms with E-state index in [4.69, 9.17) is 17.0 Å². The molecule has 4 nitrogen and oxygen atoms in total. The smallest absolute Gasteiger partial charge is 0.257 e. The van der Waals surface area contributed by atoms with Gasteiger partial charge in [-0.15, -0.1) is 0 Å². The predicted molar refractivity (Wildman–Crippen MR) is 118 cm³/mol. The Morgan fingerprint density at radius 3 is 2.21 bits per heavy atom. The second kappa shape index (κ2) is 9.48. The van der Waals surface area contributed by atoms with Crippen molar-refractivity contribution in [2.75, 3.05) is 11.9 Å². The molecule has 3 aromatic carbocycles. The molecule has 5 heteroatoms. The molecular weight excluding hydrogens is 368 g/mol. The van der Waals surface area contributed by atoms with Crippen LogP contribution in [0.5, 0.6) is 5.75 Å². The molecule has 0 heterocycles. The van der Waals surface area contributed by atoms with Gasteiger partial charge in [-0.3, -0.25) is 10.1 Å². The Labute approximate surface area is 169 Å². The third-order valence-electron chi connectivity index (χ3n) is 3.96. The zero-order valence-electron chi connectivity index (χ0n) is 15.2. The van der Waals surface area contributed by atoms with Gasteiger partial charge in [0.05, 0.1) is 0 Å². The van der Waals surface area contributed by atoms with E-state index in [9.17, 15) is 4.79 Å². The van der Waals surface area contributed by atoms with Crippen molar-refractivity contribution in [2.45, 2.75) is 0 Å². The minimum absolute atomic E-state index is 0.233. The number of carbonyl (C=O) groups is 1. The molecule has 0 spiro atoms. The molecule has 0 bridgehead atoms. The molecule has 0 aromatic heterocycles. The van der Waals surface area contributed by atoms with Crippen molar-refractivity contribution in [1.29, 1.82) is 0 Å². The average molecular weight is 388 g/mol. The topological polar surface area (TPSA) is 50.4 Å². The van der Waals surface area contributed by atoms with Gasteiger partial charge in [-0.25, -0.2) is 0 Å². The fourth-order valence-corrected chi connectivity index (χ4v) is 2.78. The molecule has 0 aliphatic carbocycles. The predicted octanol–water partition coefficient (Wildman–Crippen LogP) is 5.05. The summed E-state index contributed by atoms with van der Waals surface area (Å²) in [4.78, 5) is 12.4. The van der Waals surface area contributed by atoms with E-state index in [0.29, 0.717) is 12.2 Å². The Bertz CT molecular complexity index is 952. The zero-order valence-corrected chi connectivity index (χ0v) is 16.0. The minimum atomic E-state index is -0.261. The van der Waals surface area contributed by atoms with Gasteiger partial charge < -0.3 is 10.1 Å². The Balaban J connectivity index is 1.56. The molecule has 28 heavy (non-hydrogen) atoms. The van der Waals surface area contributed by atoms with Crippen LogP contribution in [0, 0.1) is 0 Å². The molecule has 0 fully saturated rings. The van der Waals surface area contributed by atoms with E-state index in [1.165, 1.54) is 0 Å². The Morgan fingerprint density at radius 1 is 0.929 bits per heavy atom. The largest absolute Gasteiger partial charge is 0.490 e. The summed E-state index contributed by atoms with van der Waals surface area (Å²) in [6.45, 7) is 4.06. The number of amides is 1. The van der Waals surface area contributed by atoms with Gasteiger partial charge in [0.15, 0.2) is 5.11 Å². The van der Waals surface area contributed by atoms with Gasteiger partial charge in [-0.2, -0.15) is 0 Å². The maximum absolute atomic E-state index is 12.4. The maximum atomic E-state index is 12.4. The molecule has 0 saturated carbocycles. The first-order chi connectivity index (χ1) is 13.7. The van der Waals surface area contributed by atoms with Crippen LogP contribution in [0.2, 0.25) is 0 Å². The first kappa shape index (κ1) is 19.3. The van der Waals surface area contributed by atoms with Crippen LogP contribution in [-0.2, 0) is 0 Å². The van der Waals surface area contributed by atoms with Crippen molar-refractivity contribution >= 4 is 28.9 Å². The quantitative estimate of drug-likeness (QED) is 0.459. The normalized spacial score (nSPS) is 10.0. The second-order valence-electron chi connectivity index (χ2n) is 5.98. The number of benzene rings is 3. The number of thiocarbonyl (C=S) groups is 1. The van der Waals surface area contributed by atoms with Gasteiger partial charge in [0, 0.05) is 11.3 Å². The highest BCUT2D eigenvalue weighted by Crippen LogP contribution is 2.19. The summed E-state index contributed by atoms with van der Waals surface area (Å²) in [7, 11) is 0. The maximum Gasteiger partial charge on any atom is 0.257 e. The van der Waals surface area contributed by atoms with Crippen molar-refractivity contribution in [3.63, 3.8) is 0 Å². The summed E-state index contributed by atoms with van der Waals surface area (Å²) in [6.07, 6.45) is 1.68. The second-order valence-corrected chi connectivity index (χ2v) is 6.38. The van der Waals surface area contributed by atoms with E-state index in [2.05, 4.69) is 17.2 Å². The van der Waals surface area contributed by atoms with Gasteiger partial charge in [0.1, 0.15) is 12.4 Å². The molecular formula is C23H20N2O2S. The van der Waals surface area contributed by atoms with Gasteiger partial charge in [0.25, 0.3) is 5.91 Å². The van der Waals surface area contributed by atoms with E-state index in [1.54, 1.807) is 18.2 Å². The van der Waals surface area contributed by atoms with Crippen LogP contribution in [0.4, 0.5) is 5.69 Å². The van der Waals surface area contributed by atoms with Crippen LogP contribution < -0.4 is 15.4 Å². The summed E-state index contributed by atoms with van der Waals surface area (Å²) in [6, 6.07) is 24.7. The summed E-state index contributed by atoms with van der Waals surface area (Å²) in [5.74, 6) is 0.474. The molecule has 0 unspecified atom stereocenters. The fourth-order valence-electron chi connectivity index (χ4n) is 2.57. The van der Waals surface area contributed by atoms with Gasteiger partial charge >= 0.3 is 0 Å². The van der Waals surface area contributed by atoms with Gasteiger partial charge in [-0.1, -0.05) is 55.1 Å². The van der Waals surface area contributed by atoms with Crippen LogP contribution in [0.1, 0.15) is 10.4 Å². The highest BCUT2D eigenvalue weighted by Gasteiger charge is 2.08. The molecule has 2 N–H and O–H groups in total. The Kier molecular flexibility index (Phi) is 6.54. The number of ether oxygens (including phenoxy) is 1. The van der Waals surface area contributed by atoms with Crippen LogP contribution in [0.15, 0.2) is 91.5 Å². The molecule has 140 valence electrons. The van der Waals surface area contributed by atoms with E-state index in [0.717, 1.165) is 22.6 Å². The number of rotatable bonds is 6. The van der Waals surface area contributed by atoms with Crippen molar-refractivity contribution in [3.8, 4) is 16.9 Å². The third-order valence-corrected chi connectivity index (χ3v) is 4.17. The van der Waals surface area contributed by atoms with Gasteiger partial charge in [0.2, 0.25) is 0 Å². The first-order valence-electron chi connectivity index (χ1n) is 8.77. The number of nitrogens with one attached hydrogen (secondary N) is 2. The monoisotopic (exact) mass is 388 g/mol. The third kappa shape index (κ3) is 5.28. The molecule has 0 aliphatic rings.